The van der Waals surface area contributed by atoms with Gasteiger partial charge >= 0.3 is 0 Å². The van der Waals surface area contributed by atoms with Crippen molar-refractivity contribution in [3.63, 3.8) is 0 Å². The van der Waals surface area contributed by atoms with Crippen LogP contribution >= 0.6 is 11.3 Å². The van der Waals surface area contributed by atoms with Crippen LogP contribution in [0.2, 0.25) is 0 Å². The van der Waals surface area contributed by atoms with Crippen molar-refractivity contribution in [2.45, 2.75) is 51.5 Å². The van der Waals surface area contributed by atoms with Crippen LogP contribution in [0, 0.1) is 0 Å². The molecule has 0 atom stereocenters. The first-order valence-electron chi connectivity index (χ1n) is 8.03. The fourth-order valence-corrected chi connectivity index (χ4v) is 3.81. The van der Waals surface area contributed by atoms with Gasteiger partial charge in [-0.25, -0.2) is 4.98 Å². The Morgan fingerprint density at radius 2 is 2.14 bits per heavy atom. The van der Waals surface area contributed by atoms with Gasteiger partial charge in [0.05, 0.1) is 0 Å². The van der Waals surface area contributed by atoms with Gasteiger partial charge < -0.3 is 15.5 Å². The molecule has 1 aromatic heterocycles. The number of rotatable bonds is 6. The molecule has 5 nitrogen and oxygen atoms in total. The zero-order valence-electron chi connectivity index (χ0n) is 12.7. The molecule has 1 aromatic rings. The van der Waals surface area contributed by atoms with Crippen molar-refractivity contribution in [1.82, 2.24) is 9.88 Å². The third kappa shape index (κ3) is 3.15. The molecular weight excluding hydrogens is 284 g/mol. The van der Waals surface area contributed by atoms with Gasteiger partial charge in [0, 0.05) is 25.7 Å². The van der Waals surface area contributed by atoms with Gasteiger partial charge in [-0.05, 0) is 32.1 Å². The molecule has 2 fully saturated rings. The molecule has 116 valence electrons. The molecule has 2 N–H and O–H groups in total. The highest BCUT2D eigenvalue weighted by molar-refractivity contribution is 7.18. The maximum atomic E-state index is 12.8. The fraction of sp³-hybridized carbons (Fsp3) is 0.733. The standard InChI is InChI=1S/C15H24N4OS/c1-2-3-10-19(11-6-7-11)14(20)12-13(16)17-15(21-12)18-8-4-5-9-18/h11H,2-10,16H2,1H3. The summed E-state index contributed by atoms with van der Waals surface area (Å²) in [6, 6.07) is 0.431. The molecule has 0 unspecified atom stereocenters. The van der Waals surface area contributed by atoms with Gasteiger partial charge in [0.25, 0.3) is 5.91 Å². The Balaban J connectivity index is 1.76. The van der Waals surface area contributed by atoms with Crippen LogP contribution in [0.15, 0.2) is 0 Å². The number of nitrogens with two attached hydrogens (primary N) is 1. The SMILES string of the molecule is CCCCN(C(=O)c1sc(N2CCCC2)nc1N)C1CC1. The predicted molar refractivity (Wildman–Crippen MR) is 86.9 cm³/mol. The van der Waals surface area contributed by atoms with Crippen molar-refractivity contribution in [2.75, 3.05) is 30.3 Å². The summed E-state index contributed by atoms with van der Waals surface area (Å²) < 4.78 is 0. The average Bonchev–Trinajstić information content (AvgIpc) is 3.02. The number of anilines is 2. The number of thiazole rings is 1. The van der Waals surface area contributed by atoms with Crippen molar-refractivity contribution in [2.24, 2.45) is 0 Å². The van der Waals surface area contributed by atoms with Crippen LogP contribution in [-0.2, 0) is 0 Å². The number of carbonyl (C=O) groups excluding carboxylic acids is 1. The number of amides is 1. The molecule has 21 heavy (non-hydrogen) atoms. The maximum absolute atomic E-state index is 12.8. The molecule has 1 aliphatic carbocycles. The van der Waals surface area contributed by atoms with Crippen LogP contribution in [0.4, 0.5) is 10.9 Å². The van der Waals surface area contributed by atoms with E-state index in [4.69, 9.17) is 5.73 Å². The van der Waals surface area contributed by atoms with Crippen molar-refractivity contribution in [3.05, 3.63) is 4.88 Å². The quantitative estimate of drug-likeness (QED) is 0.877. The topological polar surface area (TPSA) is 62.5 Å². The van der Waals surface area contributed by atoms with E-state index in [2.05, 4.69) is 16.8 Å². The summed E-state index contributed by atoms with van der Waals surface area (Å²) in [6.45, 7) is 5.06. The first-order chi connectivity index (χ1) is 10.2. The summed E-state index contributed by atoms with van der Waals surface area (Å²) in [6.07, 6.45) is 6.83. The summed E-state index contributed by atoms with van der Waals surface area (Å²) in [5, 5.41) is 0.916. The second kappa shape index (κ2) is 6.22. The highest BCUT2D eigenvalue weighted by Gasteiger charge is 2.34. The van der Waals surface area contributed by atoms with E-state index in [-0.39, 0.29) is 5.91 Å². The molecule has 2 heterocycles. The van der Waals surface area contributed by atoms with Crippen molar-refractivity contribution >= 4 is 28.2 Å². The van der Waals surface area contributed by atoms with Crippen LogP contribution in [-0.4, -0.2) is 41.5 Å². The monoisotopic (exact) mass is 308 g/mol. The molecule has 2 aliphatic rings. The minimum absolute atomic E-state index is 0.0893. The Hall–Kier alpha value is -1.30. The highest BCUT2D eigenvalue weighted by atomic mass is 32.1. The average molecular weight is 308 g/mol. The third-order valence-electron chi connectivity index (χ3n) is 4.21. The van der Waals surface area contributed by atoms with Crippen LogP contribution < -0.4 is 10.6 Å². The Bertz CT molecular complexity index is 506. The molecule has 1 saturated heterocycles. The van der Waals surface area contributed by atoms with Gasteiger partial charge in [0.2, 0.25) is 0 Å². The third-order valence-corrected chi connectivity index (χ3v) is 5.33. The lowest BCUT2D eigenvalue weighted by molar-refractivity contribution is 0.0746. The van der Waals surface area contributed by atoms with Crippen molar-refractivity contribution in [1.29, 1.82) is 0 Å². The molecule has 0 radical (unpaired) electrons. The molecule has 1 saturated carbocycles. The van der Waals surface area contributed by atoms with E-state index in [9.17, 15) is 4.79 Å². The molecule has 1 amide bonds. The fourth-order valence-electron chi connectivity index (χ4n) is 2.81. The Morgan fingerprint density at radius 1 is 1.43 bits per heavy atom. The van der Waals surface area contributed by atoms with Gasteiger partial charge in [0.1, 0.15) is 10.7 Å². The Labute approximate surface area is 130 Å². The Kier molecular flexibility index (Phi) is 4.33. The van der Waals surface area contributed by atoms with Crippen LogP contribution in [0.25, 0.3) is 0 Å². The van der Waals surface area contributed by atoms with E-state index in [1.165, 1.54) is 24.2 Å². The number of nitrogens with zero attached hydrogens (tertiary/aromatic N) is 3. The molecule has 0 bridgehead atoms. The molecule has 1 aliphatic heterocycles. The van der Waals surface area contributed by atoms with Gasteiger partial charge in [-0.15, -0.1) is 0 Å². The first-order valence-corrected chi connectivity index (χ1v) is 8.84. The van der Waals surface area contributed by atoms with Crippen LogP contribution in [0.5, 0.6) is 0 Å². The van der Waals surface area contributed by atoms with E-state index < -0.39 is 0 Å². The van der Waals surface area contributed by atoms with Crippen LogP contribution in [0.3, 0.4) is 0 Å². The molecule has 0 spiro atoms. The second-order valence-corrected chi connectivity index (χ2v) is 6.97. The predicted octanol–water partition coefficient (Wildman–Crippen LogP) is 2.73. The minimum atomic E-state index is 0.0893. The lowest BCUT2D eigenvalue weighted by atomic mass is 10.3. The smallest absolute Gasteiger partial charge is 0.268 e. The van der Waals surface area contributed by atoms with Crippen molar-refractivity contribution < 1.29 is 4.79 Å². The largest absolute Gasteiger partial charge is 0.382 e. The zero-order chi connectivity index (χ0) is 14.8. The van der Waals surface area contributed by atoms with E-state index in [1.807, 2.05) is 4.90 Å². The summed E-state index contributed by atoms with van der Waals surface area (Å²) in [5.74, 6) is 0.500. The van der Waals surface area contributed by atoms with Gasteiger partial charge in [-0.2, -0.15) is 0 Å². The molecular formula is C15H24N4OS. The number of unbranched alkanes of at least 4 members (excludes halogenated alkanes) is 1. The summed E-state index contributed by atoms with van der Waals surface area (Å²) in [5.41, 5.74) is 6.02. The number of hydrogen-bond donors (Lipinski definition) is 1. The Morgan fingerprint density at radius 3 is 2.76 bits per heavy atom. The second-order valence-electron chi connectivity index (χ2n) is 5.99. The van der Waals surface area contributed by atoms with E-state index >= 15 is 0 Å². The van der Waals surface area contributed by atoms with Crippen molar-refractivity contribution in [3.8, 4) is 0 Å². The zero-order valence-corrected chi connectivity index (χ0v) is 13.5. The molecule has 3 rings (SSSR count). The van der Waals surface area contributed by atoms with Gasteiger partial charge in [-0.3, -0.25) is 4.79 Å². The van der Waals surface area contributed by atoms with Crippen LogP contribution in [0.1, 0.15) is 55.1 Å². The lowest BCUT2D eigenvalue weighted by Crippen LogP contribution is -2.33. The summed E-state index contributed by atoms with van der Waals surface area (Å²) in [4.78, 5) is 22.1. The van der Waals surface area contributed by atoms with Gasteiger partial charge in [-0.1, -0.05) is 24.7 Å². The molecule has 0 aromatic carbocycles. The van der Waals surface area contributed by atoms with E-state index in [0.717, 1.165) is 50.4 Å². The minimum Gasteiger partial charge on any atom is -0.382 e. The number of carbonyl (C=O) groups is 1. The normalized spacial score (nSPS) is 18.2. The number of nitrogen functional groups attached to an aromatic ring is 1. The summed E-state index contributed by atoms with van der Waals surface area (Å²) in [7, 11) is 0. The van der Waals surface area contributed by atoms with E-state index in [1.54, 1.807) is 0 Å². The first kappa shape index (κ1) is 14.6. The molecule has 6 heteroatoms. The number of aromatic nitrogens is 1. The van der Waals surface area contributed by atoms with E-state index in [0.29, 0.717) is 16.7 Å². The van der Waals surface area contributed by atoms with Gasteiger partial charge in [0.15, 0.2) is 5.13 Å². The number of hydrogen-bond acceptors (Lipinski definition) is 5. The summed E-state index contributed by atoms with van der Waals surface area (Å²) >= 11 is 1.47. The maximum Gasteiger partial charge on any atom is 0.268 e. The highest BCUT2D eigenvalue weighted by Crippen LogP contribution is 2.34. The lowest BCUT2D eigenvalue weighted by Gasteiger charge is -2.21.